The first kappa shape index (κ1) is 14.6. The Labute approximate surface area is 130 Å². The van der Waals surface area contributed by atoms with Crippen molar-refractivity contribution in [1.82, 2.24) is 14.6 Å². The maximum absolute atomic E-state index is 6.22. The fourth-order valence-electron chi connectivity index (χ4n) is 3.11. The zero-order valence-electron chi connectivity index (χ0n) is 12.8. The predicted octanol–water partition coefficient (Wildman–Crippen LogP) is 4.06. The second-order valence-electron chi connectivity index (χ2n) is 6.52. The summed E-state index contributed by atoms with van der Waals surface area (Å²) < 4.78 is 1.91. The van der Waals surface area contributed by atoms with Gasteiger partial charge in [0.25, 0.3) is 0 Å². The highest BCUT2D eigenvalue weighted by molar-refractivity contribution is 6.18. The molecule has 1 aliphatic carbocycles. The minimum absolute atomic E-state index is 0.233. The van der Waals surface area contributed by atoms with E-state index in [1.54, 1.807) is 6.20 Å². The summed E-state index contributed by atoms with van der Waals surface area (Å²) in [5, 5.41) is 8.12. The summed E-state index contributed by atoms with van der Waals surface area (Å²) in [7, 11) is 0. The minimum atomic E-state index is 0.233. The summed E-state index contributed by atoms with van der Waals surface area (Å²) in [4.78, 5) is 4.49. The van der Waals surface area contributed by atoms with Crippen molar-refractivity contribution in [3.63, 3.8) is 0 Å². The van der Waals surface area contributed by atoms with E-state index in [1.807, 2.05) is 10.7 Å². The van der Waals surface area contributed by atoms with Gasteiger partial charge in [0.15, 0.2) is 5.82 Å². The van der Waals surface area contributed by atoms with Crippen LogP contribution in [0.3, 0.4) is 0 Å². The van der Waals surface area contributed by atoms with Crippen LogP contribution >= 0.6 is 11.6 Å². The lowest BCUT2D eigenvalue weighted by atomic mass is 9.88. The second kappa shape index (κ2) is 5.84. The molecular formula is C16H23ClN4. The highest BCUT2D eigenvalue weighted by Crippen LogP contribution is 2.39. The molecule has 0 bridgehead atoms. The molecule has 3 rings (SSSR count). The predicted molar refractivity (Wildman–Crippen MR) is 87.2 cm³/mol. The number of halogens is 1. The summed E-state index contributed by atoms with van der Waals surface area (Å²) in [6, 6.07) is 2.13. The molecule has 2 aromatic heterocycles. The van der Waals surface area contributed by atoms with Crippen molar-refractivity contribution in [1.29, 1.82) is 0 Å². The van der Waals surface area contributed by atoms with Gasteiger partial charge in [0.05, 0.1) is 5.69 Å². The lowest BCUT2D eigenvalue weighted by molar-refractivity contribution is 0.368. The normalized spacial score (nSPS) is 17.7. The number of fused-ring (bicyclic) bond motifs is 1. The Bertz CT molecular complexity index is 614. The molecule has 5 heteroatoms. The van der Waals surface area contributed by atoms with Crippen molar-refractivity contribution in [2.45, 2.75) is 45.4 Å². The lowest BCUT2D eigenvalue weighted by Crippen LogP contribution is -2.28. The number of alkyl halides is 1. The van der Waals surface area contributed by atoms with E-state index in [4.69, 9.17) is 11.6 Å². The summed E-state index contributed by atoms with van der Waals surface area (Å²) in [5.41, 5.74) is 2.37. The lowest BCUT2D eigenvalue weighted by Gasteiger charge is -2.26. The van der Waals surface area contributed by atoms with Crippen LogP contribution in [-0.2, 0) is 0 Å². The molecule has 2 aromatic rings. The largest absolute Gasteiger partial charge is 0.368 e. The molecule has 0 atom stereocenters. The van der Waals surface area contributed by atoms with Gasteiger partial charge >= 0.3 is 0 Å². The Balaban J connectivity index is 1.83. The molecule has 114 valence electrons. The highest BCUT2D eigenvalue weighted by atomic mass is 35.5. The topological polar surface area (TPSA) is 42.2 Å². The molecule has 4 nitrogen and oxygen atoms in total. The Hall–Kier alpha value is -1.29. The molecule has 0 spiro atoms. The Kier molecular flexibility index (Phi) is 4.07. The molecule has 21 heavy (non-hydrogen) atoms. The molecule has 0 radical (unpaired) electrons. The van der Waals surface area contributed by atoms with Crippen molar-refractivity contribution in [3.8, 4) is 0 Å². The number of hydrogen-bond donors (Lipinski definition) is 1. The third-order valence-electron chi connectivity index (χ3n) is 4.58. The van der Waals surface area contributed by atoms with Crippen molar-refractivity contribution >= 4 is 22.9 Å². The van der Waals surface area contributed by atoms with Crippen molar-refractivity contribution in [2.75, 3.05) is 17.7 Å². The van der Waals surface area contributed by atoms with Gasteiger partial charge < -0.3 is 5.32 Å². The third-order valence-corrected chi connectivity index (χ3v) is 5.15. The van der Waals surface area contributed by atoms with Crippen LogP contribution in [0.15, 0.2) is 18.5 Å². The van der Waals surface area contributed by atoms with Crippen LogP contribution in [0, 0.1) is 5.41 Å². The second-order valence-corrected chi connectivity index (χ2v) is 6.79. The van der Waals surface area contributed by atoms with Crippen LogP contribution in [-0.4, -0.2) is 27.0 Å². The first-order valence-corrected chi connectivity index (χ1v) is 8.31. The highest BCUT2D eigenvalue weighted by Gasteiger charge is 2.33. The average Bonchev–Trinajstić information content (AvgIpc) is 3.12. The number of nitrogens with one attached hydrogen (secondary N) is 1. The molecule has 2 heterocycles. The number of rotatable bonds is 5. The average molecular weight is 307 g/mol. The van der Waals surface area contributed by atoms with E-state index in [1.165, 1.54) is 25.7 Å². The van der Waals surface area contributed by atoms with Gasteiger partial charge in [-0.15, -0.1) is 11.6 Å². The van der Waals surface area contributed by atoms with E-state index in [-0.39, 0.29) is 5.41 Å². The summed E-state index contributed by atoms with van der Waals surface area (Å²) in [6.45, 7) is 5.21. The van der Waals surface area contributed by atoms with Gasteiger partial charge in [0, 0.05) is 30.2 Å². The van der Waals surface area contributed by atoms with Crippen molar-refractivity contribution in [3.05, 3.63) is 24.2 Å². The van der Waals surface area contributed by atoms with Gasteiger partial charge in [-0.25, -0.2) is 9.50 Å². The van der Waals surface area contributed by atoms with Crippen molar-refractivity contribution in [2.24, 2.45) is 5.41 Å². The van der Waals surface area contributed by atoms with Crippen LogP contribution in [0.1, 0.15) is 51.1 Å². The molecule has 1 saturated carbocycles. The molecule has 0 aliphatic heterocycles. The SMILES string of the molecule is CC(C)c1cc2c(NCC3(CCl)CCCC3)nccn2n1. The number of aromatic nitrogens is 3. The Morgan fingerprint density at radius 1 is 1.38 bits per heavy atom. The van der Waals surface area contributed by atoms with Gasteiger partial charge in [-0.3, -0.25) is 0 Å². The quantitative estimate of drug-likeness (QED) is 0.847. The van der Waals surface area contributed by atoms with Gasteiger partial charge in [0.2, 0.25) is 0 Å². The van der Waals surface area contributed by atoms with E-state index in [2.05, 4.69) is 35.3 Å². The minimum Gasteiger partial charge on any atom is -0.368 e. The molecular weight excluding hydrogens is 284 g/mol. The molecule has 1 aliphatic rings. The van der Waals surface area contributed by atoms with Gasteiger partial charge in [0.1, 0.15) is 5.52 Å². The van der Waals surface area contributed by atoms with E-state index in [0.29, 0.717) is 5.92 Å². The van der Waals surface area contributed by atoms with E-state index in [0.717, 1.165) is 29.5 Å². The van der Waals surface area contributed by atoms with Crippen LogP contribution in [0.2, 0.25) is 0 Å². The molecule has 1 fully saturated rings. The fourth-order valence-corrected chi connectivity index (χ4v) is 3.47. The maximum Gasteiger partial charge on any atom is 0.152 e. The van der Waals surface area contributed by atoms with Crippen LogP contribution in [0.25, 0.3) is 5.52 Å². The van der Waals surface area contributed by atoms with Crippen molar-refractivity contribution < 1.29 is 0 Å². The third kappa shape index (κ3) is 2.86. The zero-order chi connectivity index (χ0) is 14.9. The molecule has 1 N–H and O–H groups in total. The molecule has 0 amide bonds. The summed E-state index contributed by atoms with van der Waals surface area (Å²) >= 11 is 6.22. The first-order valence-electron chi connectivity index (χ1n) is 7.78. The molecule has 0 aromatic carbocycles. The van der Waals surface area contributed by atoms with E-state index in [9.17, 15) is 0 Å². The Morgan fingerprint density at radius 2 is 2.14 bits per heavy atom. The molecule has 0 saturated heterocycles. The fraction of sp³-hybridized carbons (Fsp3) is 0.625. The van der Waals surface area contributed by atoms with Crippen LogP contribution < -0.4 is 5.32 Å². The van der Waals surface area contributed by atoms with Crippen LogP contribution in [0.4, 0.5) is 5.82 Å². The van der Waals surface area contributed by atoms with Crippen LogP contribution in [0.5, 0.6) is 0 Å². The molecule has 0 unspecified atom stereocenters. The number of hydrogen-bond acceptors (Lipinski definition) is 3. The van der Waals surface area contributed by atoms with E-state index < -0.39 is 0 Å². The standard InChI is InChI=1S/C16H23ClN4/c1-12(2)13-9-14-15(18-7-8-21(14)20-13)19-11-16(10-17)5-3-4-6-16/h7-9,12H,3-6,10-11H2,1-2H3,(H,18,19). The zero-order valence-corrected chi connectivity index (χ0v) is 13.5. The Morgan fingerprint density at radius 3 is 2.81 bits per heavy atom. The number of anilines is 1. The number of nitrogens with zero attached hydrogens (tertiary/aromatic N) is 3. The monoisotopic (exact) mass is 306 g/mol. The smallest absolute Gasteiger partial charge is 0.152 e. The summed E-state index contributed by atoms with van der Waals surface area (Å²) in [6.07, 6.45) is 8.70. The van der Waals surface area contributed by atoms with E-state index >= 15 is 0 Å². The first-order chi connectivity index (χ1) is 10.1. The van der Waals surface area contributed by atoms with Gasteiger partial charge in [-0.1, -0.05) is 26.7 Å². The maximum atomic E-state index is 6.22. The van der Waals surface area contributed by atoms with Gasteiger partial charge in [-0.05, 0) is 24.8 Å². The summed E-state index contributed by atoms with van der Waals surface area (Å²) in [5.74, 6) is 2.05. The van der Waals surface area contributed by atoms with Gasteiger partial charge in [-0.2, -0.15) is 5.10 Å².